The zero-order valence-corrected chi connectivity index (χ0v) is 15.1. The molecule has 0 atom stereocenters. The number of aromatic carboxylic acids is 1. The summed E-state index contributed by atoms with van der Waals surface area (Å²) >= 11 is 9.08. The second-order valence-corrected chi connectivity index (χ2v) is 6.18. The minimum Gasteiger partial charge on any atom is -0.493 e. The lowest BCUT2D eigenvalue weighted by Crippen LogP contribution is -2.13. The van der Waals surface area contributed by atoms with Gasteiger partial charge in [-0.25, -0.2) is 9.59 Å². The number of benzene rings is 2. The lowest BCUT2D eigenvalue weighted by Gasteiger charge is -2.12. The first kappa shape index (κ1) is 18.3. The highest BCUT2D eigenvalue weighted by molar-refractivity contribution is 9.10. The molecule has 0 aliphatic rings. The minimum atomic E-state index is -1.24. The SMILES string of the molecule is CCCOc1ccc(Br)cc1C(=O)Oc1ccc(Cl)cc1C(=O)O. The first-order valence-corrected chi connectivity index (χ1v) is 8.27. The molecule has 7 heteroatoms. The van der Waals surface area contributed by atoms with Gasteiger partial charge in [0.15, 0.2) is 0 Å². The van der Waals surface area contributed by atoms with Crippen molar-refractivity contribution in [1.29, 1.82) is 0 Å². The fourth-order valence-corrected chi connectivity index (χ4v) is 2.45. The molecule has 0 bridgehead atoms. The molecule has 0 spiro atoms. The molecule has 24 heavy (non-hydrogen) atoms. The molecule has 0 aromatic heterocycles. The zero-order valence-electron chi connectivity index (χ0n) is 12.7. The largest absolute Gasteiger partial charge is 0.493 e. The smallest absolute Gasteiger partial charge is 0.347 e. The van der Waals surface area contributed by atoms with Crippen LogP contribution in [0.3, 0.4) is 0 Å². The summed E-state index contributed by atoms with van der Waals surface area (Å²) in [5.74, 6) is -1.67. The van der Waals surface area contributed by atoms with E-state index in [9.17, 15) is 14.7 Å². The normalized spacial score (nSPS) is 10.3. The van der Waals surface area contributed by atoms with Gasteiger partial charge >= 0.3 is 11.9 Å². The van der Waals surface area contributed by atoms with Crippen LogP contribution in [-0.4, -0.2) is 23.7 Å². The van der Waals surface area contributed by atoms with Crippen molar-refractivity contribution in [3.05, 3.63) is 57.0 Å². The van der Waals surface area contributed by atoms with Gasteiger partial charge < -0.3 is 14.6 Å². The topological polar surface area (TPSA) is 72.8 Å². The van der Waals surface area contributed by atoms with Crippen molar-refractivity contribution >= 4 is 39.5 Å². The summed E-state index contributed by atoms with van der Waals surface area (Å²) < 4.78 is 11.5. The summed E-state index contributed by atoms with van der Waals surface area (Å²) in [6.07, 6.45) is 0.783. The third kappa shape index (κ3) is 4.49. The number of carbonyl (C=O) groups excluding carboxylic acids is 1. The van der Waals surface area contributed by atoms with Gasteiger partial charge in [-0.15, -0.1) is 0 Å². The first-order chi connectivity index (χ1) is 11.4. The molecule has 2 aromatic rings. The molecule has 0 fully saturated rings. The molecular weight excluding hydrogens is 400 g/mol. The van der Waals surface area contributed by atoms with E-state index in [-0.39, 0.29) is 21.9 Å². The molecule has 2 aromatic carbocycles. The Bertz CT molecular complexity index is 776. The Hall–Kier alpha value is -2.05. The van der Waals surface area contributed by atoms with Crippen LogP contribution in [0.4, 0.5) is 0 Å². The average Bonchev–Trinajstić information content (AvgIpc) is 2.55. The van der Waals surface area contributed by atoms with Crippen LogP contribution >= 0.6 is 27.5 Å². The van der Waals surface area contributed by atoms with Crippen molar-refractivity contribution in [3.63, 3.8) is 0 Å². The Morgan fingerprint density at radius 1 is 1.12 bits per heavy atom. The number of hydrogen-bond acceptors (Lipinski definition) is 4. The third-order valence-electron chi connectivity index (χ3n) is 3.00. The molecule has 0 radical (unpaired) electrons. The zero-order chi connectivity index (χ0) is 17.7. The van der Waals surface area contributed by atoms with Crippen molar-refractivity contribution in [3.8, 4) is 11.5 Å². The standard InChI is InChI=1S/C17H14BrClO5/c1-2-7-23-14-5-3-10(18)8-13(14)17(22)24-15-6-4-11(19)9-12(15)16(20)21/h3-6,8-9H,2,7H2,1H3,(H,20,21). The predicted molar refractivity (Wildman–Crippen MR) is 93.3 cm³/mol. The molecule has 0 unspecified atom stereocenters. The Morgan fingerprint density at radius 3 is 2.50 bits per heavy atom. The van der Waals surface area contributed by atoms with Gasteiger partial charge in [0.1, 0.15) is 22.6 Å². The number of carbonyl (C=O) groups is 2. The lowest BCUT2D eigenvalue weighted by molar-refractivity contribution is 0.0680. The van der Waals surface area contributed by atoms with Gasteiger partial charge in [0.25, 0.3) is 0 Å². The van der Waals surface area contributed by atoms with E-state index >= 15 is 0 Å². The summed E-state index contributed by atoms with van der Waals surface area (Å²) in [6, 6.07) is 8.97. The number of rotatable bonds is 6. The lowest BCUT2D eigenvalue weighted by atomic mass is 10.2. The summed E-state index contributed by atoms with van der Waals surface area (Å²) in [7, 11) is 0. The molecule has 126 valence electrons. The summed E-state index contributed by atoms with van der Waals surface area (Å²) in [4.78, 5) is 23.7. The first-order valence-electron chi connectivity index (χ1n) is 7.09. The number of esters is 1. The summed E-state index contributed by atoms with van der Waals surface area (Å²) in [5, 5.41) is 9.44. The van der Waals surface area contributed by atoms with Gasteiger partial charge in [0.2, 0.25) is 0 Å². The molecule has 2 rings (SSSR count). The van der Waals surface area contributed by atoms with Crippen LogP contribution in [0.25, 0.3) is 0 Å². The highest BCUT2D eigenvalue weighted by atomic mass is 79.9. The van der Waals surface area contributed by atoms with Crippen molar-refractivity contribution in [2.24, 2.45) is 0 Å². The number of carboxylic acids is 1. The van der Waals surface area contributed by atoms with E-state index in [0.717, 1.165) is 6.42 Å². The van der Waals surface area contributed by atoms with Crippen molar-refractivity contribution < 1.29 is 24.2 Å². The molecule has 0 amide bonds. The van der Waals surface area contributed by atoms with E-state index < -0.39 is 11.9 Å². The Kier molecular flexibility index (Phi) is 6.23. The number of hydrogen-bond donors (Lipinski definition) is 1. The van der Waals surface area contributed by atoms with Gasteiger partial charge in [0, 0.05) is 9.50 Å². The second kappa shape index (κ2) is 8.17. The average molecular weight is 414 g/mol. The minimum absolute atomic E-state index is 0.0849. The molecule has 5 nitrogen and oxygen atoms in total. The number of carboxylic acid groups (broad SMARTS) is 1. The van der Waals surface area contributed by atoms with Gasteiger partial charge in [-0.1, -0.05) is 34.5 Å². The highest BCUT2D eigenvalue weighted by Crippen LogP contribution is 2.28. The van der Waals surface area contributed by atoms with Gasteiger partial charge in [0.05, 0.1) is 6.61 Å². The van der Waals surface area contributed by atoms with E-state index in [1.807, 2.05) is 6.92 Å². The molecule has 0 saturated heterocycles. The molecule has 1 N–H and O–H groups in total. The van der Waals surface area contributed by atoms with Crippen LogP contribution in [-0.2, 0) is 0 Å². The van der Waals surface area contributed by atoms with E-state index in [1.165, 1.54) is 18.2 Å². The summed E-state index contributed by atoms with van der Waals surface area (Å²) in [6.45, 7) is 2.40. The van der Waals surface area contributed by atoms with Gasteiger partial charge in [-0.05, 0) is 42.8 Å². The quantitative estimate of drug-likeness (QED) is 0.543. The van der Waals surface area contributed by atoms with Crippen LogP contribution in [0.15, 0.2) is 40.9 Å². The molecule has 0 saturated carbocycles. The van der Waals surface area contributed by atoms with Crippen molar-refractivity contribution in [2.75, 3.05) is 6.61 Å². The predicted octanol–water partition coefficient (Wildman–Crippen LogP) is 4.81. The Balaban J connectivity index is 2.33. The van der Waals surface area contributed by atoms with Crippen LogP contribution in [0.2, 0.25) is 5.02 Å². The van der Waals surface area contributed by atoms with E-state index in [4.69, 9.17) is 21.1 Å². The second-order valence-electron chi connectivity index (χ2n) is 4.82. The van der Waals surface area contributed by atoms with Crippen molar-refractivity contribution in [2.45, 2.75) is 13.3 Å². The maximum atomic E-state index is 12.5. The molecule has 0 heterocycles. The fourth-order valence-electron chi connectivity index (χ4n) is 1.91. The van der Waals surface area contributed by atoms with E-state index in [0.29, 0.717) is 16.8 Å². The molecule has 0 aliphatic heterocycles. The van der Waals surface area contributed by atoms with Crippen LogP contribution < -0.4 is 9.47 Å². The number of halogens is 2. The monoisotopic (exact) mass is 412 g/mol. The van der Waals surface area contributed by atoms with Crippen LogP contribution in [0.5, 0.6) is 11.5 Å². The molecule has 0 aliphatic carbocycles. The van der Waals surface area contributed by atoms with E-state index in [1.54, 1.807) is 18.2 Å². The van der Waals surface area contributed by atoms with Crippen molar-refractivity contribution in [1.82, 2.24) is 0 Å². The van der Waals surface area contributed by atoms with Gasteiger partial charge in [-0.2, -0.15) is 0 Å². The highest BCUT2D eigenvalue weighted by Gasteiger charge is 2.19. The maximum Gasteiger partial charge on any atom is 0.347 e. The Labute approximate surface area is 152 Å². The number of ether oxygens (including phenoxy) is 2. The van der Waals surface area contributed by atoms with Crippen LogP contribution in [0, 0.1) is 0 Å². The third-order valence-corrected chi connectivity index (χ3v) is 3.73. The molecular formula is C17H14BrClO5. The fraction of sp³-hybridized carbons (Fsp3) is 0.176. The van der Waals surface area contributed by atoms with Gasteiger partial charge in [-0.3, -0.25) is 0 Å². The Morgan fingerprint density at radius 2 is 1.83 bits per heavy atom. The van der Waals surface area contributed by atoms with E-state index in [2.05, 4.69) is 15.9 Å². The van der Waals surface area contributed by atoms with Crippen LogP contribution in [0.1, 0.15) is 34.1 Å². The maximum absolute atomic E-state index is 12.5. The summed E-state index contributed by atoms with van der Waals surface area (Å²) in [5.41, 5.74) is 0.00554.